The van der Waals surface area contributed by atoms with Gasteiger partial charge in [-0.25, -0.2) is 9.37 Å². The predicted octanol–water partition coefficient (Wildman–Crippen LogP) is 5.99. The van der Waals surface area contributed by atoms with Crippen LogP contribution in [0, 0.1) is 23.6 Å². The molecule has 0 saturated heterocycles. The summed E-state index contributed by atoms with van der Waals surface area (Å²) in [5.74, 6) is 5.52. The predicted molar refractivity (Wildman–Crippen MR) is 117 cm³/mol. The maximum atomic E-state index is 15.1. The molecule has 1 amide bonds. The maximum Gasteiger partial charge on any atom is 0.273 e. The molecule has 5 nitrogen and oxygen atoms in total. The van der Waals surface area contributed by atoms with Gasteiger partial charge in [-0.15, -0.1) is 0 Å². The molecule has 0 unspecified atom stereocenters. The van der Waals surface area contributed by atoms with E-state index in [1.165, 1.54) is 18.5 Å². The van der Waals surface area contributed by atoms with Crippen molar-refractivity contribution in [3.8, 4) is 23.3 Å². The lowest BCUT2D eigenvalue weighted by Crippen LogP contribution is -2.24. The van der Waals surface area contributed by atoms with Gasteiger partial charge in [-0.1, -0.05) is 52.7 Å². The molecule has 4 rings (SSSR count). The van der Waals surface area contributed by atoms with Crippen LogP contribution >= 0.6 is 34.8 Å². The van der Waals surface area contributed by atoms with Gasteiger partial charge in [-0.2, -0.15) is 0 Å². The van der Waals surface area contributed by atoms with Crippen molar-refractivity contribution < 1.29 is 13.9 Å². The Bertz CT molecular complexity index is 1210. The first-order valence-corrected chi connectivity index (χ1v) is 10.5. The van der Waals surface area contributed by atoms with Crippen molar-refractivity contribution >= 4 is 40.7 Å². The first-order valence-electron chi connectivity index (χ1n) is 9.34. The Labute approximate surface area is 192 Å². The lowest BCUT2D eigenvalue weighted by Gasteiger charge is -2.13. The summed E-state index contributed by atoms with van der Waals surface area (Å²) in [5, 5.41) is 3.15. The minimum atomic E-state index is -0.702. The number of hydrogen-bond acceptors (Lipinski definition) is 3. The van der Waals surface area contributed by atoms with Crippen LogP contribution in [0.3, 0.4) is 0 Å². The second-order valence-electron chi connectivity index (χ2n) is 6.92. The fourth-order valence-corrected chi connectivity index (χ4v) is 3.32. The summed E-state index contributed by atoms with van der Waals surface area (Å²) in [6.07, 6.45) is 3.50. The van der Waals surface area contributed by atoms with Gasteiger partial charge in [0.2, 0.25) is 0 Å². The fraction of sp³-hybridized carbons (Fsp3) is 0.182. The number of nitrogens with zero attached hydrogens (tertiary/aromatic N) is 1. The Morgan fingerprint density at radius 2 is 2.06 bits per heavy atom. The fourth-order valence-electron chi connectivity index (χ4n) is 2.72. The second-order valence-corrected chi connectivity index (χ2v) is 8.14. The van der Waals surface area contributed by atoms with Gasteiger partial charge in [0, 0.05) is 28.6 Å². The topological polar surface area (TPSA) is 67.0 Å². The lowest BCUT2D eigenvalue weighted by molar-refractivity contribution is 0.0946. The summed E-state index contributed by atoms with van der Waals surface area (Å²) < 4.78 is 20.8. The summed E-state index contributed by atoms with van der Waals surface area (Å²) >= 11 is 18.2. The van der Waals surface area contributed by atoms with Crippen molar-refractivity contribution in [2.45, 2.75) is 19.4 Å². The minimum Gasteiger partial charge on any atom is -0.453 e. The summed E-state index contributed by atoms with van der Waals surface area (Å²) in [5.41, 5.74) is 0.867. The van der Waals surface area contributed by atoms with Crippen LogP contribution in [0.5, 0.6) is 11.5 Å². The van der Waals surface area contributed by atoms with E-state index in [-0.39, 0.29) is 33.7 Å². The zero-order valence-corrected chi connectivity index (χ0v) is 18.2. The molecule has 2 N–H and O–H groups in total. The molecule has 1 aliphatic carbocycles. The molecule has 1 fully saturated rings. The van der Waals surface area contributed by atoms with Crippen LogP contribution in [-0.4, -0.2) is 15.9 Å². The van der Waals surface area contributed by atoms with Gasteiger partial charge in [0.05, 0.1) is 11.3 Å². The summed E-state index contributed by atoms with van der Waals surface area (Å²) in [6.45, 7) is -0.116. The quantitative estimate of drug-likeness (QED) is 0.442. The number of imidazole rings is 1. The molecule has 0 radical (unpaired) electrons. The molecular formula is C22H15Cl3FN3O2. The second kappa shape index (κ2) is 9.19. The third-order valence-electron chi connectivity index (χ3n) is 4.47. The number of benzene rings is 2. The van der Waals surface area contributed by atoms with Crippen molar-refractivity contribution in [1.29, 1.82) is 0 Å². The van der Waals surface area contributed by atoms with Gasteiger partial charge in [-0.3, -0.25) is 4.79 Å². The van der Waals surface area contributed by atoms with Gasteiger partial charge in [0.25, 0.3) is 5.91 Å². The van der Waals surface area contributed by atoms with Crippen molar-refractivity contribution in [3.63, 3.8) is 0 Å². The minimum absolute atomic E-state index is 0.0197. The Hall–Kier alpha value is -2.72. The maximum absolute atomic E-state index is 15.1. The molecule has 1 heterocycles. The van der Waals surface area contributed by atoms with Gasteiger partial charge in [-0.05, 0) is 37.1 Å². The van der Waals surface area contributed by atoms with Crippen molar-refractivity contribution in [3.05, 3.63) is 74.5 Å². The number of ether oxygens (including phenoxy) is 1. The highest BCUT2D eigenvalue weighted by Crippen LogP contribution is 2.35. The van der Waals surface area contributed by atoms with E-state index >= 15 is 4.39 Å². The number of halogens is 4. The average Bonchev–Trinajstić information content (AvgIpc) is 3.47. The molecule has 1 aliphatic rings. The first-order chi connectivity index (χ1) is 14.9. The Morgan fingerprint density at radius 1 is 1.26 bits per heavy atom. The molecule has 2 aromatic carbocycles. The molecule has 31 heavy (non-hydrogen) atoms. The molecule has 0 aliphatic heterocycles. The SMILES string of the molecule is O=C(NCc1ccc(Cl)c(Oc2cc(Cl)cc(C#CC3CC3)c2)c1F)c1nc[nH]c1Cl. The number of H-pyrrole nitrogens is 1. The molecule has 0 spiro atoms. The van der Waals surface area contributed by atoms with Crippen LogP contribution in [0.25, 0.3) is 0 Å². The number of amides is 1. The number of aromatic nitrogens is 2. The van der Waals surface area contributed by atoms with Crippen molar-refractivity contribution in [2.75, 3.05) is 0 Å². The normalized spacial score (nSPS) is 12.8. The zero-order chi connectivity index (χ0) is 22.0. The van der Waals surface area contributed by atoms with E-state index in [0.717, 1.165) is 12.8 Å². The Kier molecular flexibility index (Phi) is 6.38. The van der Waals surface area contributed by atoms with E-state index in [4.69, 9.17) is 39.5 Å². The number of nitrogens with one attached hydrogen (secondary N) is 2. The standard InChI is InChI=1S/C22H15Cl3FN3O2/c23-15-7-13(4-3-12-1-2-12)8-16(9-15)31-20-17(24)6-5-14(18(20)26)10-27-22(30)19-21(25)29-11-28-19/h5-9,11-12H,1-2,10H2,(H,27,30)(H,28,29). The van der Waals surface area contributed by atoms with E-state index in [0.29, 0.717) is 22.3 Å². The molecule has 0 bridgehead atoms. The van der Waals surface area contributed by atoms with Crippen molar-refractivity contribution in [1.82, 2.24) is 15.3 Å². The third kappa shape index (κ3) is 5.31. The van der Waals surface area contributed by atoms with Crippen LogP contribution in [-0.2, 0) is 6.54 Å². The smallest absolute Gasteiger partial charge is 0.273 e. The average molecular weight is 479 g/mol. The lowest BCUT2D eigenvalue weighted by atomic mass is 10.2. The Morgan fingerprint density at radius 3 is 2.77 bits per heavy atom. The summed E-state index contributed by atoms with van der Waals surface area (Å²) in [4.78, 5) is 18.6. The van der Waals surface area contributed by atoms with Crippen molar-refractivity contribution in [2.24, 2.45) is 5.92 Å². The number of carbonyl (C=O) groups is 1. The third-order valence-corrected chi connectivity index (χ3v) is 5.27. The first kappa shape index (κ1) is 21.5. The van der Waals surface area contributed by atoms with Gasteiger partial charge < -0.3 is 15.0 Å². The number of hydrogen-bond donors (Lipinski definition) is 2. The van der Waals surface area contributed by atoms with Gasteiger partial charge in [0.15, 0.2) is 17.3 Å². The molecule has 1 aromatic heterocycles. The molecule has 158 valence electrons. The van der Waals surface area contributed by atoms with Gasteiger partial charge >= 0.3 is 0 Å². The van der Waals surface area contributed by atoms with Gasteiger partial charge in [0.1, 0.15) is 10.9 Å². The largest absolute Gasteiger partial charge is 0.453 e. The van der Waals surface area contributed by atoms with Crippen LogP contribution in [0.2, 0.25) is 15.2 Å². The summed E-state index contributed by atoms with van der Waals surface area (Å²) in [7, 11) is 0. The molecular weight excluding hydrogens is 464 g/mol. The molecule has 1 saturated carbocycles. The van der Waals surface area contributed by atoms with E-state index in [1.54, 1.807) is 18.2 Å². The molecule has 0 atom stereocenters. The summed E-state index contributed by atoms with van der Waals surface area (Å²) in [6, 6.07) is 7.88. The highest BCUT2D eigenvalue weighted by Gasteiger charge is 2.19. The Balaban J connectivity index is 1.53. The molecule has 3 aromatic rings. The van der Waals surface area contributed by atoms with Crippen LogP contribution in [0.15, 0.2) is 36.7 Å². The highest BCUT2D eigenvalue weighted by molar-refractivity contribution is 6.32. The van der Waals surface area contributed by atoms with Crippen LogP contribution in [0.1, 0.15) is 34.5 Å². The van der Waals surface area contributed by atoms with Crippen LogP contribution in [0.4, 0.5) is 4.39 Å². The number of aromatic amines is 1. The number of carbonyl (C=O) groups excluding carboxylic acids is 1. The van der Waals surface area contributed by atoms with E-state index in [1.807, 2.05) is 0 Å². The van der Waals surface area contributed by atoms with E-state index in [9.17, 15) is 4.79 Å². The number of rotatable bonds is 5. The van der Waals surface area contributed by atoms with E-state index in [2.05, 4.69) is 27.1 Å². The zero-order valence-electron chi connectivity index (χ0n) is 15.9. The highest BCUT2D eigenvalue weighted by atomic mass is 35.5. The molecule has 9 heteroatoms. The monoisotopic (exact) mass is 477 g/mol. The van der Waals surface area contributed by atoms with Crippen LogP contribution < -0.4 is 10.1 Å². The van der Waals surface area contributed by atoms with E-state index < -0.39 is 11.7 Å².